The quantitative estimate of drug-likeness (QED) is 0.357. The molecule has 6 aliphatic rings. The standard InChI is InChI=1S/2C18H33P.3ClH.Eu/c2*1-4-10-16(11-5-1)19(17-12-6-2-7-13-17)18-14-8-3-9-15-18;;;;/h2*16-18H,1-15H2;3*1H;/q;;;;;+3/p-3. The van der Waals surface area contributed by atoms with Crippen LogP contribution in [0.4, 0.5) is 0 Å². The molecule has 0 saturated heterocycles. The van der Waals surface area contributed by atoms with Crippen molar-refractivity contribution in [2.24, 2.45) is 0 Å². The van der Waals surface area contributed by atoms with E-state index >= 15 is 0 Å². The van der Waals surface area contributed by atoms with E-state index in [-0.39, 0.29) is 86.6 Å². The average Bonchev–Trinajstić information content (AvgIpc) is 3.01. The topological polar surface area (TPSA) is 0 Å². The summed E-state index contributed by atoms with van der Waals surface area (Å²) >= 11 is 0. The van der Waals surface area contributed by atoms with Gasteiger partial charge in [-0.25, -0.2) is 0 Å². The fraction of sp³-hybridized carbons (Fsp3) is 1.00. The second-order valence-electron chi connectivity index (χ2n) is 14.6. The fourth-order valence-electron chi connectivity index (χ4n) is 10.1. The number of rotatable bonds is 6. The van der Waals surface area contributed by atoms with E-state index in [2.05, 4.69) is 0 Å². The zero-order valence-corrected chi connectivity index (χ0v) is 33.6. The first-order valence-electron chi connectivity index (χ1n) is 18.4. The van der Waals surface area contributed by atoms with Crippen LogP contribution in [0.5, 0.6) is 0 Å². The largest absolute Gasteiger partial charge is 3.00 e. The molecule has 42 heavy (non-hydrogen) atoms. The Hall–Kier alpha value is 3.31. The molecule has 0 radical (unpaired) electrons. The van der Waals surface area contributed by atoms with Gasteiger partial charge >= 0.3 is 49.4 Å². The van der Waals surface area contributed by atoms with Gasteiger partial charge in [-0.05, 0) is 111 Å². The first-order chi connectivity index (χ1) is 18.9. The van der Waals surface area contributed by atoms with Gasteiger partial charge in [0.2, 0.25) is 0 Å². The number of hydrogen-bond acceptors (Lipinski definition) is 0. The van der Waals surface area contributed by atoms with Crippen molar-refractivity contribution in [2.45, 2.75) is 227 Å². The molecule has 0 unspecified atom stereocenters. The zero-order valence-electron chi connectivity index (χ0n) is 27.1. The van der Waals surface area contributed by atoms with Crippen LogP contribution in [0.15, 0.2) is 0 Å². The maximum Gasteiger partial charge on any atom is 3.00 e. The van der Waals surface area contributed by atoms with Crippen molar-refractivity contribution in [3.63, 3.8) is 0 Å². The molecule has 0 bridgehead atoms. The summed E-state index contributed by atoms with van der Waals surface area (Å²) in [6.45, 7) is 0. The summed E-state index contributed by atoms with van der Waals surface area (Å²) in [7, 11) is 0.770. The second kappa shape index (κ2) is 25.3. The van der Waals surface area contributed by atoms with Crippen molar-refractivity contribution in [2.75, 3.05) is 0 Å². The molecule has 0 aromatic carbocycles. The maximum atomic E-state index is 1.61. The van der Waals surface area contributed by atoms with Crippen LogP contribution < -0.4 is 37.2 Å². The molecule has 0 aromatic rings. The van der Waals surface area contributed by atoms with E-state index in [0.29, 0.717) is 15.8 Å². The van der Waals surface area contributed by atoms with Crippen LogP contribution in [-0.2, 0) is 0 Å². The van der Waals surface area contributed by atoms with Crippen LogP contribution >= 0.6 is 15.8 Å². The van der Waals surface area contributed by atoms with Gasteiger partial charge in [0, 0.05) is 0 Å². The third-order valence-corrected chi connectivity index (χ3v) is 20.1. The fourth-order valence-corrected chi connectivity index (χ4v) is 19.4. The van der Waals surface area contributed by atoms with E-state index in [9.17, 15) is 0 Å². The molecule has 0 heterocycles. The van der Waals surface area contributed by atoms with E-state index in [1.165, 1.54) is 72.5 Å². The molecule has 6 heteroatoms. The number of hydrogen-bond donors (Lipinski definition) is 0. The van der Waals surface area contributed by atoms with Gasteiger partial charge in [0.1, 0.15) is 0 Å². The Labute approximate surface area is 325 Å². The smallest absolute Gasteiger partial charge is 1.00 e. The molecule has 0 nitrogen and oxygen atoms in total. The molecule has 248 valence electrons. The van der Waals surface area contributed by atoms with E-state index in [1.807, 2.05) is 0 Å². The van der Waals surface area contributed by atoms with Crippen LogP contribution in [0.2, 0.25) is 0 Å². The van der Waals surface area contributed by atoms with Crippen molar-refractivity contribution in [1.82, 2.24) is 0 Å². The van der Waals surface area contributed by atoms with E-state index in [0.717, 1.165) is 0 Å². The zero-order chi connectivity index (χ0) is 25.8. The van der Waals surface area contributed by atoms with Crippen molar-refractivity contribution in [1.29, 1.82) is 0 Å². The summed E-state index contributed by atoms with van der Waals surface area (Å²) in [5.74, 6) is 0. The van der Waals surface area contributed by atoms with Gasteiger partial charge in [-0.15, -0.1) is 0 Å². The Morgan fingerprint density at radius 2 is 0.333 bits per heavy atom. The molecule has 6 rings (SSSR count). The van der Waals surface area contributed by atoms with Gasteiger partial charge < -0.3 is 37.2 Å². The first-order valence-corrected chi connectivity index (χ1v) is 21.5. The Kier molecular flexibility index (Phi) is 26.1. The molecule has 6 fully saturated rings. The first kappa shape index (κ1) is 43.3. The Morgan fingerprint density at radius 3 is 0.452 bits per heavy atom. The van der Waals surface area contributed by atoms with Crippen molar-refractivity contribution < 1.29 is 86.6 Å². The predicted molar refractivity (Wildman–Crippen MR) is 175 cm³/mol. The normalized spacial score (nSPS) is 26.1. The van der Waals surface area contributed by atoms with E-state index in [1.54, 1.807) is 154 Å². The summed E-state index contributed by atoms with van der Waals surface area (Å²) in [6.07, 6.45) is 47.2. The SMILES string of the molecule is C1CCC(P(C2CCCCC2)C2CCCCC2)CC1.C1CCC(P(C2CCCCC2)C2CCCCC2)CC1.[Cl-].[Cl-].[Cl-].[Eu+3]. The van der Waals surface area contributed by atoms with Crippen molar-refractivity contribution >= 4 is 15.8 Å². The van der Waals surface area contributed by atoms with Crippen molar-refractivity contribution in [3.8, 4) is 0 Å². The molecular weight excluding hydrogens is 753 g/mol. The van der Waals surface area contributed by atoms with Crippen LogP contribution in [0.25, 0.3) is 0 Å². The number of halogens is 3. The van der Waals surface area contributed by atoms with Gasteiger partial charge in [0.15, 0.2) is 0 Å². The minimum absolute atomic E-state index is 0. The van der Waals surface area contributed by atoms with E-state index in [4.69, 9.17) is 0 Å². The molecule has 0 N–H and O–H groups in total. The van der Waals surface area contributed by atoms with Crippen LogP contribution in [0.3, 0.4) is 0 Å². The summed E-state index contributed by atoms with van der Waals surface area (Å²) in [4.78, 5) is 0. The monoisotopic (exact) mass is 818 g/mol. The summed E-state index contributed by atoms with van der Waals surface area (Å²) < 4.78 is 0. The summed E-state index contributed by atoms with van der Waals surface area (Å²) in [5.41, 5.74) is 7.14. The van der Waals surface area contributed by atoms with Crippen LogP contribution in [0, 0.1) is 49.4 Å². The molecule has 6 aliphatic carbocycles. The molecule has 0 atom stereocenters. The van der Waals surface area contributed by atoms with Gasteiger partial charge in [-0.3, -0.25) is 0 Å². The molecule has 0 aliphatic heterocycles. The molecular formula is C36H66Cl3EuP2. The van der Waals surface area contributed by atoms with Gasteiger partial charge in [-0.2, -0.15) is 0 Å². The minimum Gasteiger partial charge on any atom is -1.00 e. The average molecular weight is 819 g/mol. The van der Waals surface area contributed by atoms with Crippen LogP contribution in [-0.4, -0.2) is 34.0 Å². The summed E-state index contributed by atoms with van der Waals surface area (Å²) in [5, 5.41) is 0. The molecule has 0 aromatic heterocycles. The van der Waals surface area contributed by atoms with Gasteiger partial charge in [-0.1, -0.05) is 131 Å². The Bertz CT molecular complexity index is 480. The third-order valence-electron chi connectivity index (χ3n) is 12.0. The molecule has 0 amide bonds. The minimum atomic E-state index is 0. The Morgan fingerprint density at radius 1 is 0.214 bits per heavy atom. The van der Waals surface area contributed by atoms with Gasteiger partial charge in [0.25, 0.3) is 0 Å². The van der Waals surface area contributed by atoms with E-state index < -0.39 is 0 Å². The predicted octanol–water partition coefficient (Wildman–Crippen LogP) is 3.94. The van der Waals surface area contributed by atoms with Gasteiger partial charge in [0.05, 0.1) is 0 Å². The summed E-state index contributed by atoms with van der Waals surface area (Å²) in [6, 6.07) is 0. The second-order valence-corrected chi connectivity index (χ2v) is 20.8. The Balaban J connectivity index is 0.000000383. The third kappa shape index (κ3) is 13.7. The van der Waals surface area contributed by atoms with Crippen LogP contribution in [0.1, 0.15) is 193 Å². The van der Waals surface area contributed by atoms with Crippen molar-refractivity contribution in [3.05, 3.63) is 0 Å². The maximum absolute atomic E-state index is 1.61. The molecule has 6 saturated carbocycles. The molecule has 0 spiro atoms.